The van der Waals surface area contributed by atoms with Crippen LogP contribution in [0.5, 0.6) is 11.5 Å². The van der Waals surface area contributed by atoms with Crippen LogP contribution in [0.2, 0.25) is 0 Å². The van der Waals surface area contributed by atoms with Crippen LogP contribution in [0.25, 0.3) is 11.1 Å². The first kappa shape index (κ1) is 21.3. The molecule has 2 N–H and O–H groups in total. The standard InChI is InChI=1S/C26H21NO4S/c28-25(29)14-18-6-8-19(9-7-18)16-27-26(30)24-15-21(17-32-24)20-10-12-23(13-11-20)31-22-4-2-1-3-5-22/h1-13,15,17H,14,16H2,(H,27,30)(H,28,29). The lowest BCUT2D eigenvalue weighted by Crippen LogP contribution is -2.21. The first-order chi connectivity index (χ1) is 15.6. The zero-order chi connectivity index (χ0) is 22.3. The summed E-state index contributed by atoms with van der Waals surface area (Å²) in [6.45, 7) is 0.380. The highest BCUT2D eigenvalue weighted by atomic mass is 32.1. The Morgan fingerprint density at radius 1 is 0.812 bits per heavy atom. The number of carbonyl (C=O) groups is 2. The highest BCUT2D eigenvalue weighted by Crippen LogP contribution is 2.29. The Labute approximate surface area is 189 Å². The quantitative estimate of drug-likeness (QED) is 0.363. The van der Waals surface area contributed by atoms with Gasteiger partial charge in [0.2, 0.25) is 0 Å². The summed E-state index contributed by atoms with van der Waals surface area (Å²) in [5, 5.41) is 13.7. The molecule has 0 unspecified atom stereocenters. The van der Waals surface area contributed by atoms with Gasteiger partial charge in [0.1, 0.15) is 11.5 Å². The minimum absolute atomic E-state index is 0.00995. The lowest BCUT2D eigenvalue weighted by molar-refractivity contribution is -0.136. The molecule has 0 saturated carbocycles. The van der Waals surface area contributed by atoms with Crippen molar-refractivity contribution in [3.63, 3.8) is 0 Å². The molecule has 3 aromatic carbocycles. The van der Waals surface area contributed by atoms with Gasteiger partial charge in [0.25, 0.3) is 5.91 Å². The molecule has 6 heteroatoms. The average molecular weight is 444 g/mol. The fourth-order valence-electron chi connectivity index (χ4n) is 3.17. The molecule has 0 aliphatic heterocycles. The lowest BCUT2D eigenvalue weighted by Gasteiger charge is -2.06. The number of benzene rings is 3. The second-order valence-electron chi connectivity index (χ2n) is 7.21. The molecule has 0 fully saturated rings. The summed E-state index contributed by atoms with van der Waals surface area (Å²) < 4.78 is 5.82. The van der Waals surface area contributed by atoms with Crippen LogP contribution in [0, 0.1) is 0 Å². The minimum atomic E-state index is -0.863. The van der Waals surface area contributed by atoms with Gasteiger partial charge in [-0.05, 0) is 58.0 Å². The summed E-state index contributed by atoms with van der Waals surface area (Å²) in [4.78, 5) is 23.9. The van der Waals surface area contributed by atoms with E-state index in [0.717, 1.165) is 33.8 Å². The van der Waals surface area contributed by atoms with Gasteiger partial charge in [0, 0.05) is 6.54 Å². The molecule has 0 spiro atoms. The molecular weight excluding hydrogens is 422 g/mol. The minimum Gasteiger partial charge on any atom is -0.481 e. The predicted molar refractivity (Wildman–Crippen MR) is 125 cm³/mol. The maximum atomic E-state index is 12.5. The van der Waals surface area contributed by atoms with Crippen molar-refractivity contribution in [1.29, 1.82) is 0 Å². The number of thiophene rings is 1. The van der Waals surface area contributed by atoms with E-state index in [1.807, 2.05) is 78.2 Å². The van der Waals surface area contributed by atoms with E-state index in [4.69, 9.17) is 9.84 Å². The molecule has 1 heterocycles. The van der Waals surface area contributed by atoms with Crippen molar-refractivity contribution in [2.75, 3.05) is 0 Å². The van der Waals surface area contributed by atoms with Crippen LogP contribution in [-0.4, -0.2) is 17.0 Å². The summed E-state index contributed by atoms with van der Waals surface area (Å²) in [6.07, 6.45) is -0.00995. The number of rotatable bonds is 8. The van der Waals surface area contributed by atoms with Crippen LogP contribution in [-0.2, 0) is 17.8 Å². The Balaban J connectivity index is 1.34. The molecule has 32 heavy (non-hydrogen) atoms. The highest BCUT2D eigenvalue weighted by Gasteiger charge is 2.11. The molecular formula is C26H21NO4S. The van der Waals surface area contributed by atoms with E-state index in [-0.39, 0.29) is 12.3 Å². The Bertz CT molecular complexity index is 1200. The molecule has 4 rings (SSSR count). The van der Waals surface area contributed by atoms with Crippen LogP contribution in [0.3, 0.4) is 0 Å². The zero-order valence-corrected chi connectivity index (χ0v) is 18.0. The third-order valence-corrected chi connectivity index (χ3v) is 5.75. The second-order valence-corrected chi connectivity index (χ2v) is 8.12. The predicted octanol–water partition coefficient (Wildman–Crippen LogP) is 5.76. The number of nitrogens with one attached hydrogen (secondary N) is 1. The number of hydrogen-bond acceptors (Lipinski definition) is 4. The van der Waals surface area contributed by atoms with E-state index in [0.29, 0.717) is 11.4 Å². The third kappa shape index (κ3) is 5.62. The van der Waals surface area contributed by atoms with E-state index < -0.39 is 5.97 Å². The number of carboxylic acid groups (broad SMARTS) is 1. The van der Waals surface area contributed by atoms with Crippen LogP contribution in [0.1, 0.15) is 20.8 Å². The summed E-state index contributed by atoms with van der Waals surface area (Å²) in [6, 6.07) is 26.4. The number of carbonyl (C=O) groups excluding carboxylic acids is 1. The highest BCUT2D eigenvalue weighted by molar-refractivity contribution is 7.12. The van der Waals surface area contributed by atoms with Crippen LogP contribution in [0.4, 0.5) is 0 Å². The summed E-state index contributed by atoms with van der Waals surface area (Å²) in [5.74, 6) is 0.534. The molecule has 0 radical (unpaired) electrons. The lowest BCUT2D eigenvalue weighted by atomic mass is 10.1. The summed E-state index contributed by atoms with van der Waals surface area (Å²) in [5.41, 5.74) is 3.63. The fourth-order valence-corrected chi connectivity index (χ4v) is 4.00. The second kappa shape index (κ2) is 9.94. The monoisotopic (exact) mass is 443 g/mol. The Kier molecular flexibility index (Phi) is 6.63. The molecule has 0 aliphatic rings. The van der Waals surface area contributed by atoms with Crippen molar-refractivity contribution in [3.8, 4) is 22.6 Å². The van der Waals surface area contributed by atoms with Crippen LogP contribution < -0.4 is 10.1 Å². The van der Waals surface area contributed by atoms with Crippen molar-refractivity contribution in [3.05, 3.63) is 106 Å². The number of amides is 1. The van der Waals surface area contributed by atoms with E-state index in [2.05, 4.69) is 5.32 Å². The summed E-state index contributed by atoms with van der Waals surface area (Å²) >= 11 is 1.40. The average Bonchev–Trinajstić information content (AvgIpc) is 3.30. The molecule has 0 atom stereocenters. The van der Waals surface area contributed by atoms with Crippen molar-refractivity contribution < 1.29 is 19.4 Å². The van der Waals surface area contributed by atoms with Gasteiger partial charge in [-0.2, -0.15) is 0 Å². The SMILES string of the molecule is O=C(O)Cc1ccc(CNC(=O)c2cc(-c3ccc(Oc4ccccc4)cc3)cs2)cc1. The Hall–Kier alpha value is -3.90. The number of hydrogen-bond donors (Lipinski definition) is 2. The molecule has 0 saturated heterocycles. The van der Waals surface area contributed by atoms with E-state index in [1.165, 1.54) is 11.3 Å². The van der Waals surface area contributed by atoms with Gasteiger partial charge in [0.15, 0.2) is 0 Å². The molecule has 1 amide bonds. The van der Waals surface area contributed by atoms with Gasteiger partial charge in [-0.1, -0.05) is 54.6 Å². The largest absolute Gasteiger partial charge is 0.481 e. The maximum absolute atomic E-state index is 12.5. The molecule has 0 bridgehead atoms. The first-order valence-electron chi connectivity index (χ1n) is 10.1. The van der Waals surface area contributed by atoms with E-state index >= 15 is 0 Å². The van der Waals surface area contributed by atoms with Crippen molar-refractivity contribution in [1.82, 2.24) is 5.32 Å². The van der Waals surface area contributed by atoms with E-state index in [9.17, 15) is 9.59 Å². The third-order valence-electron chi connectivity index (χ3n) is 4.82. The Morgan fingerprint density at radius 2 is 1.47 bits per heavy atom. The van der Waals surface area contributed by atoms with Crippen molar-refractivity contribution >= 4 is 23.2 Å². The van der Waals surface area contributed by atoms with Gasteiger partial charge in [-0.3, -0.25) is 9.59 Å². The van der Waals surface area contributed by atoms with Crippen LogP contribution in [0.15, 0.2) is 90.3 Å². The van der Waals surface area contributed by atoms with Crippen LogP contribution >= 0.6 is 11.3 Å². The Morgan fingerprint density at radius 3 is 2.16 bits per heavy atom. The van der Waals surface area contributed by atoms with Crippen molar-refractivity contribution in [2.24, 2.45) is 0 Å². The number of carboxylic acids is 1. The smallest absolute Gasteiger partial charge is 0.307 e. The zero-order valence-electron chi connectivity index (χ0n) is 17.2. The van der Waals surface area contributed by atoms with Gasteiger partial charge in [0.05, 0.1) is 11.3 Å². The van der Waals surface area contributed by atoms with Gasteiger partial charge < -0.3 is 15.2 Å². The molecule has 0 aliphatic carbocycles. The van der Waals surface area contributed by atoms with Gasteiger partial charge >= 0.3 is 5.97 Å². The topological polar surface area (TPSA) is 75.6 Å². The first-order valence-corrected chi connectivity index (χ1v) is 10.9. The molecule has 160 valence electrons. The number of ether oxygens (including phenoxy) is 1. The normalized spacial score (nSPS) is 10.5. The van der Waals surface area contributed by atoms with E-state index in [1.54, 1.807) is 12.1 Å². The number of para-hydroxylation sites is 1. The molecule has 4 aromatic rings. The maximum Gasteiger partial charge on any atom is 0.307 e. The van der Waals surface area contributed by atoms with Gasteiger partial charge in [-0.25, -0.2) is 0 Å². The van der Waals surface area contributed by atoms with Crippen molar-refractivity contribution in [2.45, 2.75) is 13.0 Å². The molecule has 5 nitrogen and oxygen atoms in total. The van der Waals surface area contributed by atoms with Gasteiger partial charge in [-0.15, -0.1) is 11.3 Å². The number of aliphatic carboxylic acids is 1. The fraction of sp³-hybridized carbons (Fsp3) is 0.0769. The summed E-state index contributed by atoms with van der Waals surface area (Å²) in [7, 11) is 0. The molecule has 1 aromatic heterocycles.